The minimum Gasteiger partial charge on any atom is -0.230 e. The monoisotopic (exact) mass is 240 g/mol. The highest BCUT2D eigenvalue weighted by atomic mass is 16.3. The minimum atomic E-state index is -1.09. The van der Waals surface area contributed by atoms with Gasteiger partial charge in [0.1, 0.15) is 12.2 Å². The maximum atomic E-state index is 11.9. The lowest BCUT2D eigenvalue weighted by Crippen LogP contribution is -2.27. The van der Waals surface area contributed by atoms with Gasteiger partial charge >= 0.3 is 0 Å². The molecule has 92 valence electrons. The Morgan fingerprint density at radius 2 is 0.944 bits per heavy atom. The first kappa shape index (κ1) is 12.8. The smallest absolute Gasteiger partial charge is 0.127 e. The van der Waals surface area contributed by atoms with E-state index in [1.807, 2.05) is 60.7 Å². The van der Waals surface area contributed by atoms with E-state index >= 15 is 0 Å². The molecule has 0 amide bonds. The molecule has 0 fully saturated rings. The van der Waals surface area contributed by atoms with Gasteiger partial charge in [0.05, 0.1) is 0 Å². The van der Waals surface area contributed by atoms with Crippen molar-refractivity contribution in [1.82, 2.24) is 0 Å². The van der Waals surface area contributed by atoms with Crippen LogP contribution in [0.2, 0.25) is 0 Å². The first-order valence-electron chi connectivity index (χ1n) is 6.15. The molecule has 0 N–H and O–H groups in total. The Morgan fingerprint density at radius 1 is 0.611 bits per heavy atom. The van der Waals surface area contributed by atoms with E-state index < -0.39 is 12.2 Å². The Morgan fingerprint density at radius 3 is 1.28 bits per heavy atom. The molecule has 0 aliphatic rings. The summed E-state index contributed by atoms with van der Waals surface area (Å²) in [6, 6.07) is 18.9. The highest BCUT2D eigenvalue weighted by Crippen LogP contribution is 2.11. The van der Waals surface area contributed by atoms with Crippen LogP contribution in [0.5, 0.6) is 0 Å². The lowest BCUT2D eigenvalue weighted by Gasteiger charge is -2.14. The summed E-state index contributed by atoms with van der Waals surface area (Å²) in [6.07, 6.45) is -1.57. The van der Waals surface area contributed by atoms with Crippen LogP contribution in [0.25, 0.3) is 0 Å². The first-order valence-corrected chi connectivity index (χ1v) is 6.15. The molecule has 2 heteroatoms. The summed E-state index contributed by atoms with van der Waals surface area (Å²) in [5, 5.41) is 23.8. The van der Waals surface area contributed by atoms with Crippen LogP contribution in [0.15, 0.2) is 60.7 Å². The van der Waals surface area contributed by atoms with Crippen LogP contribution in [-0.2, 0) is 23.1 Å². The summed E-state index contributed by atoms with van der Waals surface area (Å²) in [6.45, 7) is 0. The van der Waals surface area contributed by atoms with Crippen LogP contribution in [0.1, 0.15) is 11.1 Å². The van der Waals surface area contributed by atoms with Crippen molar-refractivity contribution < 1.29 is 10.2 Å². The lowest BCUT2D eigenvalue weighted by molar-refractivity contribution is -0.0584. The molecule has 0 bridgehead atoms. The summed E-state index contributed by atoms with van der Waals surface area (Å²) >= 11 is 0. The van der Waals surface area contributed by atoms with Crippen molar-refractivity contribution in [2.45, 2.75) is 25.0 Å². The van der Waals surface area contributed by atoms with Crippen molar-refractivity contribution in [2.75, 3.05) is 0 Å². The molecule has 2 aromatic rings. The van der Waals surface area contributed by atoms with Crippen LogP contribution in [0, 0.1) is 0 Å². The molecule has 2 nitrogen and oxygen atoms in total. The molecule has 0 spiro atoms. The van der Waals surface area contributed by atoms with Crippen LogP contribution in [0.4, 0.5) is 0 Å². The van der Waals surface area contributed by atoms with Crippen molar-refractivity contribution in [3.8, 4) is 0 Å². The average Bonchev–Trinajstić information content (AvgIpc) is 2.41. The maximum absolute atomic E-state index is 11.9. The fourth-order valence-electron chi connectivity index (χ4n) is 1.96. The van der Waals surface area contributed by atoms with Gasteiger partial charge in [0.25, 0.3) is 0 Å². The van der Waals surface area contributed by atoms with E-state index in [0.29, 0.717) is 12.8 Å². The van der Waals surface area contributed by atoms with Gasteiger partial charge in [0.2, 0.25) is 0 Å². The number of hydrogen-bond acceptors (Lipinski definition) is 0. The van der Waals surface area contributed by atoms with Crippen molar-refractivity contribution in [1.29, 1.82) is 0 Å². The van der Waals surface area contributed by atoms with Crippen LogP contribution >= 0.6 is 0 Å². The van der Waals surface area contributed by atoms with Crippen molar-refractivity contribution in [2.24, 2.45) is 0 Å². The SMILES string of the molecule is [O]C(Cc1ccccc1)C([O])Cc1ccccc1. The minimum absolute atomic E-state index is 0.307. The Labute approximate surface area is 108 Å². The second-order valence-electron chi connectivity index (χ2n) is 4.46. The van der Waals surface area contributed by atoms with Gasteiger partial charge in [-0.1, -0.05) is 60.7 Å². The van der Waals surface area contributed by atoms with Gasteiger partial charge in [-0.25, -0.2) is 10.2 Å². The van der Waals surface area contributed by atoms with Gasteiger partial charge in [0.15, 0.2) is 0 Å². The molecule has 2 unspecified atom stereocenters. The normalized spacial score (nSPS) is 14.1. The third kappa shape index (κ3) is 3.69. The van der Waals surface area contributed by atoms with Gasteiger partial charge in [-0.3, -0.25) is 0 Å². The molecule has 0 aromatic heterocycles. The zero-order valence-electron chi connectivity index (χ0n) is 10.2. The fourth-order valence-corrected chi connectivity index (χ4v) is 1.96. The van der Waals surface area contributed by atoms with Gasteiger partial charge in [-0.2, -0.15) is 0 Å². The number of hydrogen-bond donors (Lipinski definition) is 0. The molecule has 2 aromatic carbocycles. The predicted molar refractivity (Wildman–Crippen MR) is 69.2 cm³/mol. The maximum Gasteiger partial charge on any atom is 0.127 e. The van der Waals surface area contributed by atoms with Gasteiger partial charge in [-0.15, -0.1) is 0 Å². The van der Waals surface area contributed by atoms with E-state index in [9.17, 15) is 10.2 Å². The molecule has 2 atom stereocenters. The molecule has 0 heterocycles. The van der Waals surface area contributed by atoms with E-state index in [0.717, 1.165) is 11.1 Å². The van der Waals surface area contributed by atoms with Crippen molar-refractivity contribution in [3.63, 3.8) is 0 Å². The van der Waals surface area contributed by atoms with E-state index in [2.05, 4.69) is 0 Å². The van der Waals surface area contributed by atoms with E-state index in [1.165, 1.54) is 0 Å². The third-order valence-corrected chi connectivity index (χ3v) is 2.97. The quantitative estimate of drug-likeness (QED) is 0.770. The molecular formula is C16H16O2. The summed E-state index contributed by atoms with van der Waals surface area (Å²) in [5.74, 6) is 0. The summed E-state index contributed by atoms with van der Waals surface area (Å²) < 4.78 is 0. The van der Waals surface area contributed by atoms with Crippen LogP contribution < -0.4 is 0 Å². The second kappa shape index (κ2) is 6.34. The Kier molecular flexibility index (Phi) is 4.51. The second-order valence-corrected chi connectivity index (χ2v) is 4.46. The number of benzene rings is 2. The van der Waals surface area contributed by atoms with Crippen molar-refractivity contribution in [3.05, 3.63) is 71.8 Å². The lowest BCUT2D eigenvalue weighted by atomic mass is 9.99. The Bertz CT molecular complexity index is 408. The summed E-state index contributed by atoms with van der Waals surface area (Å²) in [7, 11) is 0. The number of rotatable bonds is 5. The Hall–Kier alpha value is -1.64. The fraction of sp³-hybridized carbons (Fsp3) is 0.250. The molecule has 0 saturated carbocycles. The van der Waals surface area contributed by atoms with E-state index in [4.69, 9.17) is 0 Å². The van der Waals surface area contributed by atoms with Gasteiger partial charge in [0, 0.05) is 12.8 Å². The molecule has 2 radical (unpaired) electrons. The summed E-state index contributed by atoms with van der Waals surface area (Å²) in [4.78, 5) is 0. The Balaban J connectivity index is 1.91. The standard InChI is InChI=1S/C16H16O2/c17-15(11-13-7-3-1-4-8-13)16(18)12-14-9-5-2-6-10-14/h1-10,15-16H,11-12H2. The molecule has 18 heavy (non-hydrogen) atoms. The molecule has 0 saturated heterocycles. The predicted octanol–water partition coefficient (Wildman–Crippen LogP) is 3.07. The van der Waals surface area contributed by atoms with Gasteiger partial charge < -0.3 is 0 Å². The third-order valence-electron chi connectivity index (χ3n) is 2.97. The van der Waals surface area contributed by atoms with Crippen LogP contribution in [-0.4, -0.2) is 12.2 Å². The molecule has 2 rings (SSSR count). The highest BCUT2D eigenvalue weighted by molar-refractivity contribution is 5.18. The van der Waals surface area contributed by atoms with E-state index in [-0.39, 0.29) is 0 Å². The first-order chi connectivity index (χ1) is 8.75. The topological polar surface area (TPSA) is 39.8 Å². The molecular weight excluding hydrogens is 224 g/mol. The zero-order valence-corrected chi connectivity index (χ0v) is 10.2. The van der Waals surface area contributed by atoms with E-state index in [1.54, 1.807) is 0 Å². The summed E-state index contributed by atoms with van der Waals surface area (Å²) in [5.41, 5.74) is 1.87. The zero-order chi connectivity index (χ0) is 12.8. The highest BCUT2D eigenvalue weighted by Gasteiger charge is 2.20. The average molecular weight is 240 g/mol. The van der Waals surface area contributed by atoms with Crippen molar-refractivity contribution >= 4 is 0 Å². The van der Waals surface area contributed by atoms with Gasteiger partial charge in [-0.05, 0) is 11.1 Å². The molecule has 0 aliphatic carbocycles. The van der Waals surface area contributed by atoms with Crippen LogP contribution in [0.3, 0.4) is 0 Å². The largest absolute Gasteiger partial charge is 0.230 e. The molecule has 0 aliphatic heterocycles.